The number of piperazine rings is 1. The molecule has 0 aliphatic carbocycles. The number of hydrogen-bond donors (Lipinski definition) is 2. The molecule has 0 radical (unpaired) electrons. The Kier molecular flexibility index (Phi) is 5.92. The molecule has 182 valence electrons. The lowest BCUT2D eigenvalue weighted by Gasteiger charge is -2.39. The Bertz CT molecular complexity index is 1400. The second kappa shape index (κ2) is 9.05. The van der Waals surface area contributed by atoms with Crippen molar-refractivity contribution in [2.24, 2.45) is 0 Å². The summed E-state index contributed by atoms with van der Waals surface area (Å²) in [4.78, 5) is 30.1. The van der Waals surface area contributed by atoms with Crippen LogP contribution in [-0.2, 0) is 11.3 Å². The Morgan fingerprint density at radius 1 is 1.23 bits per heavy atom. The highest BCUT2D eigenvalue weighted by Gasteiger charge is 2.28. The maximum Gasteiger partial charge on any atom is 0.228 e. The highest BCUT2D eigenvalue weighted by Crippen LogP contribution is 2.34. The number of fused-ring (bicyclic) bond motifs is 2. The monoisotopic (exact) mass is 473 g/mol. The van der Waals surface area contributed by atoms with Crippen molar-refractivity contribution in [3.05, 3.63) is 48.3 Å². The van der Waals surface area contributed by atoms with Gasteiger partial charge in [-0.25, -0.2) is 4.98 Å². The van der Waals surface area contributed by atoms with Gasteiger partial charge in [0.05, 0.1) is 10.9 Å². The van der Waals surface area contributed by atoms with Crippen LogP contribution in [-0.4, -0.2) is 61.1 Å². The number of nitrogens with zero attached hydrogens (tertiary/aromatic N) is 6. The van der Waals surface area contributed by atoms with Crippen molar-refractivity contribution < 1.29 is 9.90 Å². The Morgan fingerprint density at radius 3 is 2.77 bits per heavy atom. The van der Waals surface area contributed by atoms with Gasteiger partial charge in [0.15, 0.2) is 0 Å². The minimum absolute atomic E-state index is 0.0505. The van der Waals surface area contributed by atoms with E-state index in [1.54, 1.807) is 6.92 Å². The molecular formula is C26H31N7O2. The number of hydrogen-bond acceptors (Lipinski definition) is 7. The first-order chi connectivity index (χ1) is 16.8. The van der Waals surface area contributed by atoms with E-state index in [-0.39, 0.29) is 23.9 Å². The van der Waals surface area contributed by atoms with Gasteiger partial charge in [0, 0.05) is 63.0 Å². The first-order valence-electron chi connectivity index (χ1n) is 12.0. The van der Waals surface area contributed by atoms with Crippen molar-refractivity contribution in [2.75, 3.05) is 29.9 Å². The van der Waals surface area contributed by atoms with E-state index in [1.807, 2.05) is 60.8 Å². The van der Waals surface area contributed by atoms with Gasteiger partial charge in [-0.1, -0.05) is 18.2 Å². The number of nitrogens with one attached hydrogen (secondary N) is 1. The van der Waals surface area contributed by atoms with E-state index in [4.69, 9.17) is 9.97 Å². The minimum atomic E-state index is 0.0505. The van der Waals surface area contributed by atoms with Gasteiger partial charge >= 0.3 is 0 Å². The molecule has 35 heavy (non-hydrogen) atoms. The Morgan fingerprint density at radius 2 is 2.03 bits per heavy atom. The number of aromatic nitrogens is 4. The van der Waals surface area contributed by atoms with Gasteiger partial charge in [-0.3, -0.25) is 9.78 Å². The van der Waals surface area contributed by atoms with Crippen LogP contribution in [0.3, 0.4) is 0 Å². The fourth-order valence-corrected chi connectivity index (χ4v) is 4.75. The highest BCUT2D eigenvalue weighted by molar-refractivity contribution is 5.94. The summed E-state index contributed by atoms with van der Waals surface area (Å²) in [7, 11) is 0. The summed E-state index contributed by atoms with van der Waals surface area (Å²) in [5, 5.41) is 16.3. The molecule has 0 unspecified atom stereocenters. The number of carbonyl (C=O) groups is 1. The molecule has 9 heteroatoms. The number of para-hydroxylation sites is 1. The van der Waals surface area contributed by atoms with Gasteiger partial charge < -0.3 is 24.8 Å². The molecule has 1 fully saturated rings. The van der Waals surface area contributed by atoms with E-state index in [0.29, 0.717) is 43.5 Å². The predicted molar refractivity (Wildman–Crippen MR) is 138 cm³/mol. The van der Waals surface area contributed by atoms with Crippen LogP contribution in [0.2, 0.25) is 0 Å². The lowest BCUT2D eigenvalue weighted by molar-refractivity contribution is -0.131. The highest BCUT2D eigenvalue weighted by atomic mass is 16.3. The van der Waals surface area contributed by atoms with Gasteiger partial charge in [-0.2, -0.15) is 4.98 Å². The summed E-state index contributed by atoms with van der Waals surface area (Å²) in [6.07, 6.45) is 3.77. The van der Waals surface area contributed by atoms with Crippen LogP contribution in [0.15, 0.2) is 42.7 Å². The molecule has 0 saturated carbocycles. The Hall–Kier alpha value is -3.88. The van der Waals surface area contributed by atoms with Crippen LogP contribution in [0.4, 0.5) is 11.8 Å². The van der Waals surface area contributed by atoms with Gasteiger partial charge in [-0.15, -0.1) is 0 Å². The third kappa shape index (κ3) is 4.34. The van der Waals surface area contributed by atoms with E-state index in [9.17, 15) is 9.90 Å². The second-order valence-corrected chi connectivity index (χ2v) is 9.49. The van der Waals surface area contributed by atoms with Crippen molar-refractivity contribution in [1.29, 1.82) is 0 Å². The van der Waals surface area contributed by atoms with E-state index in [2.05, 4.69) is 27.3 Å². The molecule has 0 bridgehead atoms. The predicted octanol–water partition coefficient (Wildman–Crippen LogP) is 3.94. The van der Waals surface area contributed by atoms with Crippen LogP contribution in [0.25, 0.3) is 21.8 Å². The fraction of sp³-hybridized carbons (Fsp3) is 0.385. The number of benzene rings is 1. The molecule has 1 aliphatic rings. The standard InChI is InChI=1S/C26H31N7O2/c1-16(2)33-15-21-23(25(33)35)29-26(31-9-10-32(18(4)34)17(3)14-31)30-24(21)28-13-19-11-20-7-5-6-8-22(20)27-12-19/h5-8,11-12,15-17,35H,9-10,13-14H2,1-4H3,(H,28,29,30)/t17-/m1/s1. The largest absolute Gasteiger partial charge is 0.493 e. The summed E-state index contributed by atoms with van der Waals surface area (Å²) in [5.41, 5.74) is 2.51. The van der Waals surface area contributed by atoms with Crippen molar-refractivity contribution >= 4 is 39.5 Å². The first kappa shape index (κ1) is 22.9. The number of aromatic hydroxyl groups is 1. The molecule has 4 heterocycles. The quantitative estimate of drug-likeness (QED) is 0.453. The van der Waals surface area contributed by atoms with Gasteiger partial charge in [-0.05, 0) is 38.5 Å². The maximum absolute atomic E-state index is 11.9. The molecule has 1 saturated heterocycles. The van der Waals surface area contributed by atoms with Crippen molar-refractivity contribution in [3.63, 3.8) is 0 Å². The van der Waals surface area contributed by atoms with Crippen molar-refractivity contribution in [3.8, 4) is 5.88 Å². The number of rotatable bonds is 5. The van der Waals surface area contributed by atoms with Crippen molar-refractivity contribution in [2.45, 2.75) is 46.3 Å². The zero-order valence-corrected chi connectivity index (χ0v) is 20.6. The molecule has 3 aromatic heterocycles. The van der Waals surface area contributed by atoms with Gasteiger partial charge in [0.25, 0.3) is 0 Å². The van der Waals surface area contributed by atoms with Crippen LogP contribution in [0.5, 0.6) is 5.88 Å². The van der Waals surface area contributed by atoms with Gasteiger partial charge in [0.1, 0.15) is 11.3 Å². The minimum Gasteiger partial charge on any atom is -0.493 e. The molecule has 4 aromatic rings. The molecule has 1 amide bonds. The number of carbonyl (C=O) groups excluding carboxylic acids is 1. The molecule has 1 aromatic carbocycles. The summed E-state index contributed by atoms with van der Waals surface area (Å²) < 4.78 is 1.81. The molecule has 1 atom stereocenters. The molecule has 1 aliphatic heterocycles. The molecule has 5 rings (SSSR count). The maximum atomic E-state index is 11.9. The van der Waals surface area contributed by atoms with Crippen molar-refractivity contribution in [1.82, 2.24) is 24.4 Å². The number of anilines is 2. The average Bonchev–Trinajstić information content (AvgIpc) is 3.19. The zero-order chi connectivity index (χ0) is 24.7. The lowest BCUT2D eigenvalue weighted by atomic mass is 10.1. The SMILES string of the molecule is CC(=O)N1CCN(c2nc(NCc3cnc4ccccc4c3)c3cn(C(C)C)c(O)c3n2)C[C@H]1C. The summed E-state index contributed by atoms with van der Waals surface area (Å²) in [5.74, 6) is 1.41. The average molecular weight is 474 g/mol. The molecular weight excluding hydrogens is 442 g/mol. The molecule has 9 nitrogen and oxygen atoms in total. The van der Waals surface area contributed by atoms with Gasteiger partial charge in [0.2, 0.25) is 17.7 Å². The smallest absolute Gasteiger partial charge is 0.228 e. The molecule has 2 N–H and O–H groups in total. The first-order valence-corrected chi connectivity index (χ1v) is 12.0. The van der Waals surface area contributed by atoms with E-state index in [0.717, 1.165) is 21.9 Å². The van der Waals surface area contributed by atoms with Crippen LogP contribution < -0.4 is 10.2 Å². The summed E-state index contributed by atoms with van der Waals surface area (Å²) in [6, 6.07) is 10.3. The third-order valence-electron chi connectivity index (χ3n) is 6.64. The van der Waals surface area contributed by atoms with E-state index >= 15 is 0 Å². The van der Waals surface area contributed by atoms with E-state index in [1.165, 1.54) is 0 Å². The number of amides is 1. The fourth-order valence-electron chi connectivity index (χ4n) is 4.75. The Balaban J connectivity index is 1.49. The molecule has 0 spiro atoms. The summed E-state index contributed by atoms with van der Waals surface area (Å²) in [6.45, 7) is 10.1. The second-order valence-electron chi connectivity index (χ2n) is 9.49. The zero-order valence-electron chi connectivity index (χ0n) is 20.6. The van der Waals surface area contributed by atoms with Crippen LogP contribution in [0.1, 0.15) is 39.3 Å². The van der Waals surface area contributed by atoms with Crippen LogP contribution in [0, 0.1) is 0 Å². The van der Waals surface area contributed by atoms with Crippen LogP contribution >= 0.6 is 0 Å². The number of pyridine rings is 1. The third-order valence-corrected chi connectivity index (χ3v) is 6.64. The normalized spacial score (nSPS) is 16.4. The topological polar surface area (TPSA) is 99.4 Å². The van der Waals surface area contributed by atoms with E-state index < -0.39 is 0 Å². The summed E-state index contributed by atoms with van der Waals surface area (Å²) >= 11 is 0. The Labute approximate surface area is 204 Å². The lowest BCUT2D eigenvalue weighted by Crippen LogP contribution is -2.53.